The first-order valence-corrected chi connectivity index (χ1v) is 11.0. The summed E-state index contributed by atoms with van der Waals surface area (Å²) in [4.78, 5) is 33.4. The summed E-state index contributed by atoms with van der Waals surface area (Å²) in [5.74, 6) is -1.11. The predicted octanol–water partition coefficient (Wildman–Crippen LogP) is 4.98. The lowest BCUT2D eigenvalue weighted by molar-refractivity contribution is -0.132. The normalized spacial score (nSPS) is 20.6. The van der Waals surface area contributed by atoms with E-state index in [1.54, 1.807) is 11.8 Å². The Morgan fingerprint density at radius 2 is 1.83 bits per heavy atom. The van der Waals surface area contributed by atoms with Crippen molar-refractivity contribution in [1.29, 1.82) is 0 Å². The van der Waals surface area contributed by atoms with Crippen molar-refractivity contribution in [3.63, 3.8) is 0 Å². The number of ketones is 1. The minimum absolute atomic E-state index is 0.0394. The number of aromatic nitrogens is 1. The van der Waals surface area contributed by atoms with E-state index in [4.69, 9.17) is 0 Å². The van der Waals surface area contributed by atoms with Crippen LogP contribution in [-0.4, -0.2) is 32.7 Å². The van der Waals surface area contributed by atoms with Gasteiger partial charge in [-0.1, -0.05) is 43.5 Å². The number of benzene rings is 1. The molecule has 1 unspecified atom stereocenters. The number of thiazole rings is 1. The number of carbonyl (C=O) groups excluding carboxylic acids is 2. The number of hydrogen-bond acceptors (Lipinski definition) is 5. The van der Waals surface area contributed by atoms with Crippen LogP contribution < -0.4 is 0 Å². The molecule has 1 amide bonds. The number of aliphatic hydroxyl groups is 1. The zero-order chi connectivity index (χ0) is 20.7. The molecule has 0 radical (unpaired) electrons. The predicted molar refractivity (Wildman–Crippen MR) is 113 cm³/mol. The molecule has 152 valence electrons. The highest BCUT2D eigenvalue weighted by molar-refractivity contribution is 7.14. The van der Waals surface area contributed by atoms with Gasteiger partial charge in [0.15, 0.2) is 5.76 Å². The number of carbonyl (C=O) groups is 2. The van der Waals surface area contributed by atoms with E-state index in [2.05, 4.69) is 4.98 Å². The SMILES string of the molecule is Cc1nc(C)c(C(=O)C2=C(O)C(=O)N(C3CCCCC3)C2c2ccccc2C)s1. The summed E-state index contributed by atoms with van der Waals surface area (Å²) in [6.45, 7) is 5.64. The molecule has 1 fully saturated rings. The van der Waals surface area contributed by atoms with Gasteiger partial charge >= 0.3 is 0 Å². The number of aliphatic hydroxyl groups excluding tert-OH is 1. The van der Waals surface area contributed by atoms with Crippen LogP contribution in [0.15, 0.2) is 35.6 Å². The molecule has 1 aromatic heterocycles. The van der Waals surface area contributed by atoms with Crippen LogP contribution in [0.1, 0.15) is 69.6 Å². The largest absolute Gasteiger partial charge is 0.503 e. The van der Waals surface area contributed by atoms with E-state index in [9.17, 15) is 14.7 Å². The third kappa shape index (κ3) is 3.39. The maximum absolute atomic E-state index is 13.5. The molecule has 5 nitrogen and oxygen atoms in total. The number of Topliss-reactive ketones (excluding diaryl/α,β-unsaturated/α-hetero) is 1. The van der Waals surface area contributed by atoms with Crippen LogP contribution in [-0.2, 0) is 4.79 Å². The van der Waals surface area contributed by atoms with E-state index in [1.807, 2.05) is 38.1 Å². The monoisotopic (exact) mass is 410 g/mol. The summed E-state index contributed by atoms with van der Waals surface area (Å²) in [7, 11) is 0. The molecule has 29 heavy (non-hydrogen) atoms. The van der Waals surface area contributed by atoms with Crippen molar-refractivity contribution in [3.05, 3.63) is 62.3 Å². The Balaban J connectivity index is 1.85. The van der Waals surface area contributed by atoms with Crippen molar-refractivity contribution >= 4 is 23.0 Å². The van der Waals surface area contributed by atoms with Crippen LogP contribution in [0.2, 0.25) is 0 Å². The Bertz CT molecular complexity index is 1000. The van der Waals surface area contributed by atoms with Gasteiger partial charge in [0.2, 0.25) is 5.78 Å². The molecule has 4 rings (SSSR count). The van der Waals surface area contributed by atoms with Gasteiger partial charge in [0.25, 0.3) is 5.91 Å². The molecule has 1 aromatic carbocycles. The molecule has 2 aliphatic rings. The highest BCUT2D eigenvalue weighted by atomic mass is 32.1. The quantitative estimate of drug-likeness (QED) is 0.722. The van der Waals surface area contributed by atoms with E-state index in [1.165, 1.54) is 11.3 Å². The molecule has 6 heteroatoms. The smallest absolute Gasteiger partial charge is 0.290 e. The van der Waals surface area contributed by atoms with Gasteiger partial charge in [-0.25, -0.2) is 4.98 Å². The first-order valence-electron chi connectivity index (χ1n) is 10.2. The third-order valence-electron chi connectivity index (χ3n) is 6.05. The summed E-state index contributed by atoms with van der Waals surface area (Å²) in [6.07, 6.45) is 5.10. The average molecular weight is 411 g/mol. The molecular formula is C23H26N2O3S. The fourth-order valence-corrected chi connectivity index (χ4v) is 5.53. The Morgan fingerprint density at radius 3 is 2.45 bits per heavy atom. The number of hydrogen-bond donors (Lipinski definition) is 1. The molecule has 1 aliphatic carbocycles. The lowest BCUT2D eigenvalue weighted by Gasteiger charge is -2.37. The van der Waals surface area contributed by atoms with E-state index in [0.29, 0.717) is 10.6 Å². The summed E-state index contributed by atoms with van der Waals surface area (Å²) in [5, 5.41) is 11.7. The van der Waals surface area contributed by atoms with Gasteiger partial charge in [-0.3, -0.25) is 9.59 Å². The van der Waals surface area contributed by atoms with E-state index < -0.39 is 17.7 Å². The Hall–Kier alpha value is -2.47. The molecule has 1 aliphatic heterocycles. The van der Waals surface area contributed by atoms with Crippen molar-refractivity contribution in [1.82, 2.24) is 9.88 Å². The van der Waals surface area contributed by atoms with Crippen molar-refractivity contribution in [2.24, 2.45) is 0 Å². The Labute approximate surface area is 175 Å². The fourth-order valence-electron chi connectivity index (χ4n) is 4.65. The van der Waals surface area contributed by atoms with E-state index >= 15 is 0 Å². The Morgan fingerprint density at radius 1 is 1.14 bits per heavy atom. The second-order valence-electron chi connectivity index (χ2n) is 8.00. The average Bonchev–Trinajstić information content (AvgIpc) is 3.18. The highest BCUT2D eigenvalue weighted by Gasteiger charge is 2.47. The summed E-state index contributed by atoms with van der Waals surface area (Å²) < 4.78 is 0. The third-order valence-corrected chi connectivity index (χ3v) is 7.12. The first-order chi connectivity index (χ1) is 13.9. The zero-order valence-corrected chi connectivity index (χ0v) is 17.9. The zero-order valence-electron chi connectivity index (χ0n) is 17.1. The van der Waals surface area contributed by atoms with E-state index in [0.717, 1.165) is 48.2 Å². The molecule has 0 saturated heterocycles. The van der Waals surface area contributed by atoms with Crippen molar-refractivity contribution in [2.45, 2.75) is 65.0 Å². The van der Waals surface area contributed by atoms with Crippen LogP contribution in [0.3, 0.4) is 0 Å². The molecule has 0 spiro atoms. The molecule has 2 aromatic rings. The number of rotatable bonds is 4. The van der Waals surface area contributed by atoms with Gasteiger partial charge in [-0.2, -0.15) is 0 Å². The van der Waals surface area contributed by atoms with E-state index in [-0.39, 0.29) is 17.4 Å². The lowest BCUT2D eigenvalue weighted by Crippen LogP contribution is -2.41. The second-order valence-corrected chi connectivity index (χ2v) is 9.21. The first kappa shape index (κ1) is 19.8. The number of aryl methyl sites for hydroxylation is 3. The van der Waals surface area contributed by atoms with Crippen LogP contribution in [0.5, 0.6) is 0 Å². The molecule has 0 bridgehead atoms. The van der Waals surface area contributed by atoms with Crippen molar-refractivity contribution in [3.8, 4) is 0 Å². The molecule has 2 heterocycles. The lowest BCUT2D eigenvalue weighted by atomic mass is 9.88. The maximum Gasteiger partial charge on any atom is 0.290 e. The van der Waals surface area contributed by atoms with Crippen LogP contribution >= 0.6 is 11.3 Å². The van der Waals surface area contributed by atoms with Gasteiger partial charge < -0.3 is 10.0 Å². The molecule has 1 N–H and O–H groups in total. The summed E-state index contributed by atoms with van der Waals surface area (Å²) in [6, 6.07) is 7.30. The van der Waals surface area contributed by atoms with Crippen molar-refractivity contribution in [2.75, 3.05) is 0 Å². The highest BCUT2D eigenvalue weighted by Crippen LogP contribution is 2.44. The number of amides is 1. The van der Waals surface area contributed by atoms with Gasteiger partial charge in [-0.05, 0) is 44.7 Å². The standard InChI is InChI=1S/C23H26N2O3S/c1-13-9-7-8-12-17(13)19-18(20(26)22-14(2)24-15(3)29-22)21(27)23(28)25(19)16-10-5-4-6-11-16/h7-9,12,16,19,27H,4-6,10-11H2,1-3H3. The van der Waals surface area contributed by atoms with Gasteiger partial charge in [-0.15, -0.1) is 11.3 Å². The van der Waals surface area contributed by atoms with Crippen LogP contribution in [0, 0.1) is 20.8 Å². The summed E-state index contributed by atoms with van der Waals surface area (Å²) >= 11 is 1.32. The van der Waals surface area contributed by atoms with Gasteiger partial charge in [0, 0.05) is 6.04 Å². The van der Waals surface area contributed by atoms with Gasteiger partial charge in [0.05, 0.1) is 27.2 Å². The topological polar surface area (TPSA) is 70.5 Å². The second kappa shape index (κ2) is 7.75. The van der Waals surface area contributed by atoms with Crippen LogP contribution in [0.25, 0.3) is 0 Å². The number of nitrogens with zero attached hydrogens (tertiary/aromatic N) is 2. The fraction of sp³-hybridized carbons (Fsp3) is 0.435. The van der Waals surface area contributed by atoms with Gasteiger partial charge in [0.1, 0.15) is 0 Å². The summed E-state index contributed by atoms with van der Waals surface area (Å²) in [5.41, 5.74) is 2.74. The molecular weight excluding hydrogens is 384 g/mol. The molecule has 1 saturated carbocycles. The Kier molecular flexibility index (Phi) is 5.30. The minimum atomic E-state index is -0.555. The van der Waals surface area contributed by atoms with Crippen LogP contribution in [0.4, 0.5) is 0 Å². The minimum Gasteiger partial charge on any atom is -0.503 e. The van der Waals surface area contributed by atoms with Crippen molar-refractivity contribution < 1.29 is 14.7 Å². The maximum atomic E-state index is 13.5. The molecule has 1 atom stereocenters.